The third-order valence-corrected chi connectivity index (χ3v) is 17.3. The number of fused-ring (bicyclic) bond motifs is 2. The fraction of sp³-hybridized carbons (Fsp3) is 0.203. The van der Waals surface area contributed by atoms with Crippen LogP contribution in [0.25, 0.3) is 55.2 Å². The largest absolute Gasteiger partial charge is 0.324 e. The summed E-state index contributed by atoms with van der Waals surface area (Å²) in [7, 11) is 0. The Kier molecular flexibility index (Phi) is 15.5. The first-order chi connectivity index (χ1) is 42.4. The SMILES string of the molecule is CCCCCCC(CCCCCC)N1C(=O)c2ccc3c4ccc5c6c(ccc(c7ccc(c2c37)C1=O)c64)C(=O)N(c1ccc(Nc2nc(Cl)nc(Nc3ccc(/C=C/c4ccc(N(c6ccc(C)cc6)c6ccc(C)cc6)cc4)cc3)n2)cc1)C5=O. The number of hydrogen-bond donors (Lipinski definition) is 2. The van der Waals surface area contributed by atoms with E-state index in [0.29, 0.717) is 44.4 Å². The molecule has 432 valence electrons. The van der Waals surface area contributed by atoms with Crippen LogP contribution in [-0.4, -0.2) is 49.5 Å². The Morgan fingerprint density at radius 1 is 0.437 bits per heavy atom. The summed E-state index contributed by atoms with van der Waals surface area (Å²) in [6.07, 6.45) is 14.4. The summed E-state index contributed by atoms with van der Waals surface area (Å²) < 4.78 is 0. The van der Waals surface area contributed by atoms with E-state index in [-0.39, 0.29) is 35.0 Å². The number of aryl methyl sites for hydroxylation is 2. The smallest absolute Gasteiger partial charge is 0.265 e. The Morgan fingerprint density at radius 2 is 0.816 bits per heavy atom. The monoisotopic (exact) mass is 1160 g/mol. The molecule has 1 aromatic heterocycles. The lowest BCUT2D eigenvalue weighted by Gasteiger charge is -2.35. The number of nitrogens with zero attached hydrogens (tertiary/aromatic N) is 6. The second kappa shape index (κ2) is 23.9. The first-order valence-electron chi connectivity index (χ1n) is 30.3. The van der Waals surface area contributed by atoms with Gasteiger partial charge in [0.1, 0.15) is 0 Å². The number of aromatic nitrogens is 3. The van der Waals surface area contributed by atoms with Gasteiger partial charge in [0.25, 0.3) is 23.6 Å². The Balaban J connectivity index is 0.696. The summed E-state index contributed by atoms with van der Waals surface area (Å²) >= 11 is 6.44. The summed E-state index contributed by atoms with van der Waals surface area (Å²) in [4.78, 5) is 76.9. The van der Waals surface area contributed by atoms with E-state index in [9.17, 15) is 19.2 Å². The number of rotatable bonds is 21. The van der Waals surface area contributed by atoms with Gasteiger partial charge in [0.05, 0.1) is 5.69 Å². The molecule has 87 heavy (non-hydrogen) atoms. The predicted octanol–water partition coefficient (Wildman–Crippen LogP) is 19.0. The molecular formula is C74H65ClN8O4. The minimum Gasteiger partial charge on any atom is -0.324 e. The van der Waals surface area contributed by atoms with Gasteiger partial charge in [-0.1, -0.05) is 161 Å². The Morgan fingerprint density at radius 3 is 1.23 bits per heavy atom. The van der Waals surface area contributed by atoms with Crippen LogP contribution in [0.5, 0.6) is 0 Å². The molecule has 12 nitrogen and oxygen atoms in total. The highest BCUT2D eigenvalue weighted by molar-refractivity contribution is 6.44. The Bertz CT molecular complexity index is 4310. The molecule has 10 aromatic carbocycles. The molecule has 0 radical (unpaired) electrons. The fourth-order valence-electron chi connectivity index (χ4n) is 12.7. The van der Waals surface area contributed by atoms with Crippen LogP contribution in [0.3, 0.4) is 0 Å². The average molecular weight is 1170 g/mol. The van der Waals surface area contributed by atoms with E-state index in [1.54, 1.807) is 41.3 Å². The van der Waals surface area contributed by atoms with Gasteiger partial charge in [-0.25, -0.2) is 4.90 Å². The predicted molar refractivity (Wildman–Crippen MR) is 354 cm³/mol. The van der Waals surface area contributed by atoms with Crippen LogP contribution in [0.2, 0.25) is 5.28 Å². The number of nitrogens with one attached hydrogen (secondary N) is 2. The number of amides is 4. The van der Waals surface area contributed by atoms with Crippen molar-refractivity contribution >= 4 is 136 Å². The van der Waals surface area contributed by atoms with Crippen LogP contribution < -0.4 is 20.4 Å². The highest BCUT2D eigenvalue weighted by Gasteiger charge is 2.40. The molecule has 2 aliphatic heterocycles. The molecular weight excluding hydrogens is 1100 g/mol. The van der Waals surface area contributed by atoms with E-state index in [2.05, 4.69) is 143 Å². The van der Waals surface area contributed by atoms with Crippen molar-refractivity contribution < 1.29 is 19.2 Å². The summed E-state index contributed by atoms with van der Waals surface area (Å²) in [6, 6.07) is 55.4. The van der Waals surface area contributed by atoms with Crippen molar-refractivity contribution in [2.45, 2.75) is 97.9 Å². The van der Waals surface area contributed by atoms with Gasteiger partial charge in [0.2, 0.25) is 17.2 Å². The lowest BCUT2D eigenvalue weighted by atomic mass is 9.82. The summed E-state index contributed by atoms with van der Waals surface area (Å²) in [5, 5.41) is 12.7. The molecule has 0 fully saturated rings. The zero-order chi connectivity index (χ0) is 59.9. The molecule has 0 atom stereocenters. The van der Waals surface area contributed by atoms with Crippen molar-refractivity contribution in [1.29, 1.82) is 0 Å². The van der Waals surface area contributed by atoms with Crippen LogP contribution in [0.1, 0.15) is 142 Å². The normalized spacial score (nSPS) is 13.2. The maximum absolute atomic E-state index is 14.7. The van der Waals surface area contributed by atoms with Crippen molar-refractivity contribution in [3.05, 3.63) is 220 Å². The quantitative estimate of drug-likeness (QED) is 0.0235. The Hall–Kier alpha value is -9.78. The molecule has 0 bridgehead atoms. The van der Waals surface area contributed by atoms with Gasteiger partial charge in [-0.15, -0.1) is 0 Å². The fourth-order valence-corrected chi connectivity index (χ4v) is 12.9. The zero-order valence-electron chi connectivity index (χ0n) is 49.2. The van der Waals surface area contributed by atoms with Crippen molar-refractivity contribution in [2.75, 3.05) is 20.4 Å². The van der Waals surface area contributed by atoms with E-state index in [4.69, 9.17) is 11.6 Å². The minimum absolute atomic E-state index is 0.0212. The molecule has 2 aliphatic rings. The number of unbranched alkanes of at least 4 members (excludes halogenated alkanes) is 6. The first kappa shape index (κ1) is 56.4. The molecule has 0 spiro atoms. The van der Waals surface area contributed by atoms with Crippen LogP contribution in [0.4, 0.5) is 46.0 Å². The summed E-state index contributed by atoms with van der Waals surface area (Å²) in [5.74, 6) is -0.939. The first-order valence-corrected chi connectivity index (χ1v) is 30.7. The average Bonchev–Trinajstić information content (AvgIpc) is 0.726. The molecule has 0 saturated heterocycles. The van der Waals surface area contributed by atoms with Crippen LogP contribution in [0, 0.1) is 13.8 Å². The van der Waals surface area contributed by atoms with Gasteiger partial charge >= 0.3 is 0 Å². The standard InChI is InChI=1S/C74H65ClN8O4/c1-5-7-9-11-13-51(14-12-10-8-6-2)82-68(84)60-41-37-56-58-39-43-62-67-63(44-40-59(65(58)67)57-38-42-61(69(82)85)66(60)64(56)57)71(87)83(70(62)86)55-35-27-50(28-36-55)77-74-79-72(75)78-73(80-74)76-49-25-21-47(22-26-49)19-20-48-23-33-54(34-24-48)81(52-29-15-45(3)16-30-52)53-31-17-46(4)18-32-53/h15-44,51H,5-14H2,1-4H3,(H2,76,77,78,79,80)/b20-19+. The second-order valence-corrected chi connectivity index (χ2v) is 23.4. The second-order valence-electron chi connectivity index (χ2n) is 23.0. The summed E-state index contributed by atoms with van der Waals surface area (Å²) in [6.45, 7) is 8.57. The van der Waals surface area contributed by atoms with Gasteiger partial charge < -0.3 is 15.5 Å². The van der Waals surface area contributed by atoms with Gasteiger partial charge in [-0.2, -0.15) is 15.0 Å². The topological polar surface area (TPSA) is 141 Å². The van der Waals surface area contributed by atoms with Gasteiger partial charge in [0, 0.05) is 67.5 Å². The zero-order valence-corrected chi connectivity index (χ0v) is 49.9. The molecule has 2 N–H and O–H groups in total. The van der Waals surface area contributed by atoms with Crippen LogP contribution in [0.15, 0.2) is 170 Å². The maximum Gasteiger partial charge on any atom is 0.265 e. The number of anilines is 8. The van der Waals surface area contributed by atoms with Crippen LogP contribution in [-0.2, 0) is 0 Å². The number of hydrogen-bond acceptors (Lipinski definition) is 10. The van der Waals surface area contributed by atoms with Gasteiger partial charge in [0.15, 0.2) is 0 Å². The van der Waals surface area contributed by atoms with Crippen LogP contribution >= 0.6 is 11.6 Å². The van der Waals surface area contributed by atoms with E-state index >= 15 is 0 Å². The van der Waals surface area contributed by atoms with Gasteiger partial charge in [-0.05, 0) is 179 Å². The van der Waals surface area contributed by atoms with E-state index < -0.39 is 11.8 Å². The third-order valence-electron chi connectivity index (χ3n) is 17.2. The molecule has 13 rings (SSSR count). The summed E-state index contributed by atoms with van der Waals surface area (Å²) in [5.41, 5.74) is 11.3. The third kappa shape index (κ3) is 10.8. The maximum atomic E-state index is 14.7. The highest BCUT2D eigenvalue weighted by atomic mass is 35.5. The number of imide groups is 2. The highest BCUT2D eigenvalue weighted by Crippen LogP contribution is 2.47. The molecule has 0 unspecified atom stereocenters. The number of carbonyl (C=O) groups is 4. The van der Waals surface area contributed by atoms with E-state index in [0.717, 1.165) is 130 Å². The van der Waals surface area contributed by atoms with Crippen molar-refractivity contribution in [3.8, 4) is 0 Å². The molecule has 3 heterocycles. The lowest BCUT2D eigenvalue weighted by Crippen LogP contribution is -2.47. The molecule has 11 aromatic rings. The van der Waals surface area contributed by atoms with Crippen molar-refractivity contribution in [3.63, 3.8) is 0 Å². The van der Waals surface area contributed by atoms with Gasteiger partial charge in [-0.3, -0.25) is 24.1 Å². The van der Waals surface area contributed by atoms with E-state index in [1.165, 1.54) is 16.0 Å². The van der Waals surface area contributed by atoms with E-state index in [1.807, 2.05) is 60.7 Å². The molecule has 4 amide bonds. The lowest BCUT2D eigenvalue weighted by molar-refractivity contribution is 0.0516. The molecule has 0 aliphatic carbocycles. The number of benzene rings is 10. The number of halogens is 1. The van der Waals surface area contributed by atoms with Crippen molar-refractivity contribution in [1.82, 2.24) is 19.9 Å². The number of carbonyl (C=O) groups excluding carboxylic acids is 4. The molecule has 13 heteroatoms. The minimum atomic E-state index is -0.447. The molecule has 0 saturated carbocycles. The van der Waals surface area contributed by atoms with Crippen molar-refractivity contribution in [2.24, 2.45) is 0 Å². The Labute approximate surface area is 510 Å².